The Labute approximate surface area is 135 Å². The highest BCUT2D eigenvalue weighted by atomic mass is 35.5. The predicted octanol–water partition coefficient (Wildman–Crippen LogP) is 4.45. The number of methoxy groups -OCH3 is 1. The lowest BCUT2D eigenvalue weighted by Crippen LogP contribution is -2.10. The summed E-state index contributed by atoms with van der Waals surface area (Å²) in [5, 5.41) is 0.687. The topological polar surface area (TPSA) is 35.5 Å². The van der Waals surface area contributed by atoms with Crippen molar-refractivity contribution in [3.63, 3.8) is 0 Å². The van der Waals surface area contributed by atoms with Crippen molar-refractivity contribution in [3.8, 4) is 11.5 Å². The van der Waals surface area contributed by atoms with E-state index in [1.807, 2.05) is 36.4 Å². The molecule has 116 valence electrons. The van der Waals surface area contributed by atoms with E-state index in [0.29, 0.717) is 29.4 Å². The largest absolute Gasteiger partial charge is 0.493 e. The Kier molecular flexibility index (Phi) is 5.84. The Morgan fingerprint density at radius 2 is 1.73 bits per heavy atom. The van der Waals surface area contributed by atoms with Gasteiger partial charge in [-0.3, -0.25) is 4.79 Å². The summed E-state index contributed by atoms with van der Waals surface area (Å²) >= 11 is 5.83. The zero-order valence-corrected chi connectivity index (χ0v) is 13.5. The van der Waals surface area contributed by atoms with Crippen molar-refractivity contribution in [1.82, 2.24) is 0 Å². The minimum Gasteiger partial charge on any atom is -0.493 e. The molecule has 0 unspecified atom stereocenters. The van der Waals surface area contributed by atoms with Gasteiger partial charge in [-0.25, -0.2) is 0 Å². The number of halogens is 1. The molecule has 2 aromatic carbocycles. The lowest BCUT2D eigenvalue weighted by atomic mass is 10.1. The fourth-order valence-electron chi connectivity index (χ4n) is 2.09. The van der Waals surface area contributed by atoms with Gasteiger partial charge < -0.3 is 9.47 Å². The van der Waals surface area contributed by atoms with Crippen molar-refractivity contribution < 1.29 is 14.3 Å². The maximum Gasteiger partial charge on any atom is 0.311 e. The van der Waals surface area contributed by atoms with Crippen LogP contribution in [0.3, 0.4) is 0 Å². The van der Waals surface area contributed by atoms with E-state index in [0.717, 1.165) is 17.5 Å². The number of aryl methyl sites for hydroxylation is 2. The quantitative estimate of drug-likeness (QED) is 0.583. The Morgan fingerprint density at radius 3 is 2.36 bits per heavy atom. The lowest BCUT2D eigenvalue weighted by molar-refractivity contribution is -0.134. The monoisotopic (exact) mass is 318 g/mol. The van der Waals surface area contributed by atoms with Crippen molar-refractivity contribution >= 4 is 17.6 Å². The normalized spacial score (nSPS) is 10.3. The molecule has 0 aromatic heterocycles. The van der Waals surface area contributed by atoms with Crippen LogP contribution in [0.1, 0.15) is 24.5 Å². The van der Waals surface area contributed by atoms with E-state index in [-0.39, 0.29) is 5.97 Å². The van der Waals surface area contributed by atoms with Crippen molar-refractivity contribution in [2.75, 3.05) is 7.11 Å². The standard InChI is InChI=1S/C18H19ClO3/c1-3-13-6-10-16(17(12-13)21-2)22-18(20)11-7-14-4-8-15(19)9-5-14/h4-6,8-10,12H,3,7,11H2,1-2H3. The van der Waals surface area contributed by atoms with Crippen LogP contribution < -0.4 is 9.47 Å². The van der Waals surface area contributed by atoms with Crippen LogP contribution >= 0.6 is 11.6 Å². The van der Waals surface area contributed by atoms with E-state index in [4.69, 9.17) is 21.1 Å². The summed E-state index contributed by atoms with van der Waals surface area (Å²) in [4.78, 5) is 12.0. The highest BCUT2D eigenvalue weighted by Crippen LogP contribution is 2.28. The van der Waals surface area contributed by atoms with Gasteiger partial charge in [0.05, 0.1) is 7.11 Å². The zero-order chi connectivity index (χ0) is 15.9. The third kappa shape index (κ3) is 4.50. The van der Waals surface area contributed by atoms with Gasteiger partial charge in [-0.05, 0) is 48.2 Å². The average molecular weight is 319 g/mol. The highest BCUT2D eigenvalue weighted by Gasteiger charge is 2.11. The molecule has 0 saturated heterocycles. The Balaban J connectivity index is 1.95. The van der Waals surface area contributed by atoms with E-state index in [2.05, 4.69) is 6.92 Å². The summed E-state index contributed by atoms with van der Waals surface area (Å²) in [6.45, 7) is 2.06. The minimum atomic E-state index is -0.280. The first-order valence-corrected chi connectivity index (χ1v) is 7.62. The van der Waals surface area contributed by atoms with Crippen LogP contribution in [0.25, 0.3) is 0 Å². The zero-order valence-electron chi connectivity index (χ0n) is 12.8. The predicted molar refractivity (Wildman–Crippen MR) is 87.8 cm³/mol. The fourth-order valence-corrected chi connectivity index (χ4v) is 2.21. The number of ether oxygens (including phenoxy) is 2. The first-order valence-electron chi connectivity index (χ1n) is 7.24. The van der Waals surface area contributed by atoms with Gasteiger partial charge in [-0.15, -0.1) is 0 Å². The van der Waals surface area contributed by atoms with Crippen molar-refractivity contribution in [1.29, 1.82) is 0 Å². The van der Waals surface area contributed by atoms with E-state index < -0.39 is 0 Å². The molecule has 3 nitrogen and oxygen atoms in total. The summed E-state index contributed by atoms with van der Waals surface area (Å²) < 4.78 is 10.7. The van der Waals surface area contributed by atoms with Crippen molar-refractivity contribution in [2.45, 2.75) is 26.2 Å². The summed E-state index contributed by atoms with van der Waals surface area (Å²) in [6, 6.07) is 13.0. The summed E-state index contributed by atoms with van der Waals surface area (Å²) in [7, 11) is 1.57. The number of carbonyl (C=O) groups excluding carboxylic acids is 1. The van der Waals surface area contributed by atoms with Gasteiger partial charge in [0, 0.05) is 11.4 Å². The molecule has 0 atom stereocenters. The number of carbonyl (C=O) groups is 1. The average Bonchev–Trinajstić information content (AvgIpc) is 2.54. The molecule has 2 aromatic rings. The van der Waals surface area contributed by atoms with Gasteiger partial charge in [-0.2, -0.15) is 0 Å². The number of benzene rings is 2. The molecule has 0 heterocycles. The first-order chi connectivity index (χ1) is 10.6. The summed E-state index contributed by atoms with van der Waals surface area (Å²) in [5.41, 5.74) is 2.19. The van der Waals surface area contributed by atoms with Crippen molar-refractivity contribution in [2.24, 2.45) is 0 Å². The number of esters is 1. The molecule has 4 heteroatoms. The number of hydrogen-bond donors (Lipinski definition) is 0. The molecule has 0 fully saturated rings. The molecule has 2 rings (SSSR count). The smallest absolute Gasteiger partial charge is 0.311 e. The minimum absolute atomic E-state index is 0.280. The van der Waals surface area contributed by atoms with Crippen LogP contribution in [0.15, 0.2) is 42.5 Å². The van der Waals surface area contributed by atoms with Crippen LogP contribution in [0.5, 0.6) is 11.5 Å². The Hall–Kier alpha value is -2.00. The first kappa shape index (κ1) is 16.4. The molecule has 0 aliphatic heterocycles. The molecule has 0 aliphatic rings. The summed E-state index contributed by atoms with van der Waals surface area (Å²) in [6.07, 6.45) is 1.83. The third-order valence-corrected chi connectivity index (χ3v) is 3.64. The Morgan fingerprint density at radius 1 is 1.05 bits per heavy atom. The fraction of sp³-hybridized carbons (Fsp3) is 0.278. The van der Waals surface area contributed by atoms with Crippen LogP contribution in [0.4, 0.5) is 0 Å². The van der Waals surface area contributed by atoms with Crippen molar-refractivity contribution in [3.05, 3.63) is 58.6 Å². The SMILES string of the molecule is CCc1ccc(OC(=O)CCc2ccc(Cl)cc2)c(OC)c1. The second kappa shape index (κ2) is 7.85. The van der Waals surface area contributed by atoms with Crippen LogP contribution in [0.2, 0.25) is 5.02 Å². The van der Waals surface area contributed by atoms with E-state index >= 15 is 0 Å². The maximum atomic E-state index is 12.0. The van der Waals surface area contributed by atoms with Gasteiger partial charge in [-0.1, -0.05) is 36.7 Å². The molecule has 0 aliphatic carbocycles. The molecule has 0 N–H and O–H groups in total. The maximum absolute atomic E-state index is 12.0. The van der Waals surface area contributed by atoms with E-state index in [1.54, 1.807) is 13.2 Å². The van der Waals surface area contributed by atoms with E-state index in [1.165, 1.54) is 0 Å². The molecular weight excluding hydrogens is 300 g/mol. The van der Waals surface area contributed by atoms with Crippen LogP contribution in [-0.2, 0) is 17.6 Å². The summed E-state index contributed by atoms with van der Waals surface area (Å²) in [5.74, 6) is 0.762. The van der Waals surface area contributed by atoms with Gasteiger partial charge in [0.25, 0.3) is 0 Å². The molecule has 0 saturated carbocycles. The van der Waals surface area contributed by atoms with Gasteiger partial charge in [0.2, 0.25) is 0 Å². The number of rotatable bonds is 6. The molecule has 0 radical (unpaired) electrons. The third-order valence-electron chi connectivity index (χ3n) is 3.39. The van der Waals surface area contributed by atoms with Crippen LogP contribution in [0, 0.1) is 0 Å². The molecule has 0 spiro atoms. The van der Waals surface area contributed by atoms with Gasteiger partial charge in [0.15, 0.2) is 11.5 Å². The second-order valence-corrected chi connectivity index (χ2v) is 5.38. The van der Waals surface area contributed by atoms with Gasteiger partial charge >= 0.3 is 5.97 Å². The highest BCUT2D eigenvalue weighted by molar-refractivity contribution is 6.30. The number of hydrogen-bond acceptors (Lipinski definition) is 3. The van der Waals surface area contributed by atoms with Gasteiger partial charge in [0.1, 0.15) is 0 Å². The molecule has 0 amide bonds. The molecule has 0 bridgehead atoms. The van der Waals surface area contributed by atoms with E-state index in [9.17, 15) is 4.79 Å². The molecular formula is C18H19ClO3. The Bertz CT molecular complexity index is 635. The molecule has 22 heavy (non-hydrogen) atoms. The second-order valence-electron chi connectivity index (χ2n) is 4.94. The lowest BCUT2D eigenvalue weighted by Gasteiger charge is -2.10. The van der Waals surface area contributed by atoms with Crippen LogP contribution in [-0.4, -0.2) is 13.1 Å².